The lowest BCUT2D eigenvalue weighted by molar-refractivity contribution is 0.568. The molecule has 0 atom stereocenters. The normalized spacial score (nSPS) is 12.8. The Morgan fingerprint density at radius 1 is 0.122 bits per heavy atom. The summed E-state index contributed by atoms with van der Waals surface area (Å²) in [6.07, 6.45) is 0. The Hall–Kier alpha value is -15.6. The van der Waals surface area contributed by atoms with Crippen molar-refractivity contribution < 1.29 is 0 Å². The molecule has 24 aromatic carbocycles. The Bertz CT molecular complexity index is 9700. The van der Waals surface area contributed by atoms with E-state index in [0.29, 0.717) is 0 Å². The fourth-order valence-corrected chi connectivity index (χ4v) is 25.3. The predicted octanol–water partition coefficient (Wildman–Crippen LogP) is 42.9. The smallest absolute Gasteiger partial charge is 0.00264 e. The van der Waals surface area contributed by atoms with Gasteiger partial charge in [0.25, 0.3) is 0 Å². The van der Waals surface area contributed by atoms with E-state index in [1.165, 1.54) is 318 Å². The number of benzene rings is 24. The second-order valence-electron chi connectivity index (χ2n) is 49.2. The van der Waals surface area contributed by atoms with Crippen molar-refractivity contribution in [3.63, 3.8) is 0 Å². The Balaban J connectivity index is 0.000000116. The summed E-state index contributed by atoms with van der Waals surface area (Å²) in [7, 11) is 0. The molecule has 0 fully saturated rings. The van der Waals surface area contributed by atoms with Crippen LogP contribution in [0.1, 0.15) is 180 Å². The summed E-state index contributed by atoms with van der Waals surface area (Å²) in [5, 5.41) is 31.6. The van der Waals surface area contributed by atoms with Crippen LogP contribution in [-0.4, -0.2) is 0 Å². The molecule has 0 heteroatoms. The third kappa shape index (κ3) is 15.3. The molecule has 0 saturated carbocycles. The quantitative estimate of drug-likeness (QED) is 0.146. The molecule has 0 aliphatic heterocycles. The molecule has 0 aromatic heterocycles. The molecular formula is C148H128. The van der Waals surface area contributed by atoms with E-state index in [2.05, 4.69) is 528 Å². The standard InChI is InChI=1S/C56H56.C48H40.C44H32/c1-53(2,3)36-23-34(24-37(27-36)54(4,5)6)44-29-50-46(41-20-14-13-19-40(41)44)30-45(35-25-38(55(7,8)9)28-39(26-35)56(10,11)12)49-31-47-42-21-15-17-33-18-16-22-43(52(33)42)48(47)32-51(49)50;1-47(2,3)32-21-17-29(18-22-32)38-25-44-40(35-14-8-7-13-34(35)38)26-39(30-19-23-33(24-20-30)48(4,5)6)43-27-41-36-15-9-11-31-12-10-16-37(46(31)36)42(41)28-45(43)44;1-25-11-7-12-26(2)42(25)40-24-38-34(30-17-5-6-18-31(30)40)23-41(43-27(3)13-8-14-28(43)4)39-22-36-33-20-10-16-29-15-9-19-32(44(29)33)35(36)21-37(38)39/h13-32H,1-12H3;7-28H,1-6H3;5-24H,1-4H3. The molecule has 720 valence electrons. The van der Waals surface area contributed by atoms with Gasteiger partial charge >= 0.3 is 0 Å². The van der Waals surface area contributed by atoms with E-state index in [4.69, 9.17) is 0 Å². The monoisotopic (exact) mass is 1910 g/mol. The molecule has 0 radical (unpaired) electrons. The van der Waals surface area contributed by atoms with Gasteiger partial charge in [0.1, 0.15) is 0 Å². The van der Waals surface area contributed by atoms with Gasteiger partial charge in [-0.3, -0.25) is 0 Å². The van der Waals surface area contributed by atoms with E-state index < -0.39 is 0 Å². The van der Waals surface area contributed by atoms with Crippen LogP contribution in [0.4, 0.5) is 0 Å². The first-order valence-corrected chi connectivity index (χ1v) is 53.5. The highest BCUT2D eigenvalue weighted by Crippen LogP contribution is 2.58. The molecular weight excluding hydrogens is 1780 g/mol. The van der Waals surface area contributed by atoms with Crippen molar-refractivity contribution >= 4 is 129 Å². The summed E-state index contributed by atoms with van der Waals surface area (Å²) in [4.78, 5) is 0. The molecule has 24 aromatic rings. The van der Waals surface area contributed by atoms with E-state index in [-0.39, 0.29) is 32.5 Å². The maximum atomic E-state index is 2.54. The van der Waals surface area contributed by atoms with Crippen LogP contribution in [0.2, 0.25) is 0 Å². The molecule has 0 saturated heterocycles. The zero-order valence-corrected chi connectivity index (χ0v) is 89.8. The maximum Gasteiger partial charge on any atom is -0.00264 e. The second-order valence-corrected chi connectivity index (χ2v) is 49.2. The zero-order valence-electron chi connectivity index (χ0n) is 89.8. The number of hydrogen-bond donors (Lipinski definition) is 0. The first kappa shape index (κ1) is 93.5. The third-order valence-corrected chi connectivity index (χ3v) is 33.4. The van der Waals surface area contributed by atoms with E-state index in [0.717, 1.165) is 0 Å². The maximum absolute atomic E-state index is 2.54. The van der Waals surface area contributed by atoms with Gasteiger partial charge in [-0.05, 0) is 451 Å². The summed E-state index contributed by atoms with van der Waals surface area (Å²) in [6.45, 7) is 50.8. The minimum absolute atomic E-state index is 0.0102. The van der Waals surface area contributed by atoms with Crippen LogP contribution in [0.15, 0.2) is 376 Å². The van der Waals surface area contributed by atoms with Gasteiger partial charge in [-0.15, -0.1) is 0 Å². The average molecular weight is 1910 g/mol. The lowest BCUT2D eigenvalue weighted by Crippen LogP contribution is -2.16. The molecule has 148 heavy (non-hydrogen) atoms. The number of rotatable bonds is 6. The van der Waals surface area contributed by atoms with Gasteiger partial charge in [0.2, 0.25) is 0 Å². The van der Waals surface area contributed by atoms with Crippen molar-refractivity contribution in [3.05, 3.63) is 432 Å². The molecule has 0 heterocycles. The molecule has 0 unspecified atom stereocenters. The minimum atomic E-state index is 0.0102. The van der Waals surface area contributed by atoms with Crippen molar-refractivity contribution in [2.75, 3.05) is 0 Å². The van der Waals surface area contributed by atoms with Crippen molar-refractivity contribution in [1.82, 2.24) is 0 Å². The van der Waals surface area contributed by atoms with Crippen LogP contribution in [0, 0.1) is 27.7 Å². The SMILES string of the molecule is CC(C)(C)c1cc(-c2cc3c4cc5c(cc4c(-c4cc(C(C)(C)C)cc(C(C)(C)C)c4)cc3c3ccccc23)-c2cccc3cccc-5c23)cc(C(C)(C)C)c1.CC(C)(C)c1ccc(-c2cc3c4cc5c(cc4c(-c4ccc(C(C)(C)C)cc4)cc3c3ccccc23)-c2cccc3cccc-5c23)cc1.Cc1cccc(C)c1-c1cc2c3cc4c(cc3c(-c3c(C)cccc3C)cc2c2ccccc12)-c1cccc2cccc-4c12. The van der Waals surface area contributed by atoms with Gasteiger partial charge in [-0.1, -0.05) is 428 Å². The highest BCUT2D eigenvalue weighted by atomic mass is 14.4. The van der Waals surface area contributed by atoms with E-state index in [9.17, 15) is 0 Å². The van der Waals surface area contributed by atoms with Crippen molar-refractivity contribution in [2.24, 2.45) is 0 Å². The van der Waals surface area contributed by atoms with Gasteiger partial charge in [-0.25, -0.2) is 0 Å². The van der Waals surface area contributed by atoms with Gasteiger partial charge in [-0.2, -0.15) is 0 Å². The minimum Gasteiger partial charge on any atom is -0.0617 e. The number of aryl methyl sites for hydroxylation is 4. The Kier molecular flexibility index (Phi) is 21.5. The van der Waals surface area contributed by atoms with E-state index >= 15 is 0 Å². The third-order valence-electron chi connectivity index (χ3n) is 33.4. The summed E-state index contributed by atoms with van der Waals surface area (Å²) >= 11 is 0. The number of fused-ring (bicyclic) bond motifs is 24. The largest absolute Gasteiger partial charge is 0.0617 e. The Morgan fingerprint density at radius 2 is 0.311 bits per heavy atom. The first-order chi connectivity index (χ1) is 70.8. The number of hydrogen-bond acceptors (Lipinski definition) is 0. The summed E-state index contributed by atoms with van der Waals surface area (Å²) in [5.41, 5.74) is 45.4. The van der Waals surface area contributed by atoms with Crippen LogP contribution in [0.3, 0.4) is 0 Å². The van der Waals surface area contributed by atoms with Crippen molar-refractivity contribution in [1.29, 1.82) is 0 Å². The summed E-state index contributed by atoms with van der Waals surface area (Å²) in [5.74, 6) is 0. The van der Waals surface area contributed by atoms with Crippen molar-refractivity contribution in [3.8, 4) is 134 Å². The lowest BCUT2D eigenvalue weighted by Gasteiger charge is -2.27. The van der Waals surface area contributed by atoms with Crippen molar-refractivity contribution in [2.45, 2.75) is 185 Å². The van der Waals surface area contributed by atoms with Gasteiger partial charge in [0, 0.05) is 0 Å². The Morgan fingerprint density at radius 3 is 0.581 bits per heavy atom. The molecule has 0 amide bonds. The van der Waals surface area contributed by atoms with Gasteiger partial charge < -0.3 is 0 Å². The second kappa shape index (κ2) is 34.0. The lowest BCUT2D eigenvalue weighted by atomic mass is 9.77. The highest BCUT2D eigenvalue weighted by Gasteiger charge is 2.33. The van der Waals surface area contributed by atoms with Gasteiger partial charge in [0.05, 0.1) is 0 Å². The molecule has 0 spiro atoms. The molecule has 27 rings (SSSR count). The Labute approximate surface area is 872 Å². The fourth-order valence-electron chi connectivity index (χ4n) is 25.3. The van der Waals surface area contributed by atoms with Gasteiger partial charge in [0.15, 0.2) is 0 Å². The summed E-state index contributed by atoms with van der Waals surface area (Å²) < 4.78 is 0. The zero-order chi connectivity index (χ0) is 102. The van der Waals surface area contributed by atoms with Crippen LogP contribution in [0.25, 0.3) is 263 Å². The molecule has 3 aliphatic rings. The predicted molar refractivity (Wildman–Crippen MR) is 646 cm³/mol. The van der Waals surface area contributed by atoms with E-state index in [1.54, 1.807) is 0 Å². The molecule has 0 nitrogen and oxygen atoms in total. The highest BCUT2D eigenvalue weighted by molar-refractivity contribution is 6.32. The van der Waals surface area contributed by atoms with Crippen LogP contribution in [-0.2, 0) is 32.5 Å². The first-order valence-electron chi connectivity index (χ1n) is 53.5. The van der Waals surface area contributed by atoms with Crippen LogP contribution < -0.4 is 0 Å². The topological polar surface area (TPSA) is 0 Å². The van der Waals surface area contributed by atoms with E-state index in [1.807, 2.05) is 0 Å². The molecule has 3 aliphatic carbocycles. The van der Waals surface area contributed by atoms with Crippen LogP contribution in [0.5, 0.6) is 0 Å². The molecule has 0 N–H and O–H groups in total. The average Bonchev–Trinajstić information content (AvgIpc) is 1.18. The fraction of sp³-hybridized carbons (Fsp3) is 0.189. The van der Waals surface area contributed by atoms with Crippen LogP contribution >= 0.6 is 0 Å². The summed E-state index contributed by atoms with van der Waals surface area (Å²) in [6, 6.07) is 144. The molecule has 0 bridgehead atoms.